The third-order valence-corrected chi connectivity index (χ3v) is 3.68. The predicted molar refractivity (Wildman–Crippen MR) is 64.4 cm³/mol. The normalized spacial score (nSPS) is 28.0. The molecule has 4 nitrogen and oxygen atoms in total. The Labute approximate surface area is 106 Å². The fourth-order valence-electron chi connectivity index (χ4n) is 2.77. The zero-order chi connectivity index (χ0) is 12.5. The molecule has 1 saturated heterocycles. The van der Waals surface area contributed by atoms with Crippen LogP contribution in [0, 0.1) is 0 Å². The van der Waals surface area contributed by atoms with Crippen LogP contribution < -0.4 is 0 Å². The van der Waals surface area contributed by atoms with Crippen LogP contribution >= 0.6 is 0 Å². The smallest absolute Gasteiger partial charge is 0.336 e. The molecule has 18 heavy (non-hydrogen) atoms. The molecule has 1 aromatic rings. The van der Waals surface area contributed by atoms with Gasteiger partial charge < -0.3 is 14.6 Å². The van der Waals surface area contributed by atoms with Gasteiger partial charge in [-0.25, -0.2) is 4.79 Å². The topological polar surface area (TPSA) is 55.8 Å². The van der Waals surface area contributed by atoms with Gasteiger partial charge in [-0.15, -0.1) is 0 Å². The molecule has 1 aliphatic heterocycles. The Kier molecular flexibility index (Phi) is 3.06. The largest absolute Gasteiger partial charge is 0.478 e. The molecule has 1 aromatic carbocycles. The lowest BCUT2D eigenvalue weighted by molar-refractivity contribution is -0.0686. The Morgan fingerprint density at radius 3 is 2.33 bits per heavy atom. The second kappa shape index (κ2) is 4.71. The Morgan fingerprint density at radius 1 is 1.11 bits per heavy atom. The number of carboxylic acid groups (broad SMARTS) is 1. The first-order valence-electron chi connectivity index (χ1n) is 6.39. The van der Waals surface area contributed by atoms with Crippen molar-refractivity contribution in [2.24, 2.45) is 0 Å². The molecular formula is C14H16O4. The van der Waals surface area contributed by atoms with Gasteiger partial charge in [0.15, 0.2) is 6.29 Å². The first kappa shape index (κ1) is 11.7. The third-order valence-electron chi connectivity index (χ3n) is 3.68. The standard InChI is InChI=1S/C14H16O4/c15-13(16)9-5-1-2-6-10(9)14-17-11-7-3-4-8-12(11)18-14/h1-2,5-6,11-12,14H,3-4,7-8H2,(H,15,16)/t11-,12-/m1/s1. The van der Waals surface area contributed by atoms with Crippen LogP contribution in [0.25, 0.3) is 0 Å². The molecule has 2 atom stereocenters. The fraction of sp³-hybridized carbons (Fsp3) is 0.500. The summed E-state index contributed by atoms with van der Waals surface area (Å²) < 4.78 is 11.7. The number of benzene rings is 1. The molecule has 0 unspecified atom stereocenters. The highest BCUT2D eigenvalue weighted by Crippen LogP contribution is 2.39. The minimum Gasteiger partial charge on any atom is -0.478 e. The molecule has 1 aliphatic carbocycles. The first-order valence-corrected chi connectivity index (χ1v) is 6.39. The third kappa shape index (κ3) is 2.02. The van der Waals surface area contributed by atoms with Crippen LogP contribution in [0.4, 0.5) is 0 Å². The minimum absolute atomic E-state index is 0.130. The van der Waals surface area contributed by atoms with Crippen molar-refractivity contribution in [3.63, 3.8) is 0 Å². The summed E-state index contributed by atoms with van der Waals surface area (Å²) in [5.41, 5.74) is 0.889. The second-order valence-electron chi connectivity index (χ2n) is 4.86. The maximum absolute atomic E-state index is 11.2. The van der Waals surface area contributed by atoms with Crippen LogP contribution in [0.2, 0.25) is 0 Å². The molecule has 0 aromatic heterocycles. The van der Waals surface area contributed by atoms with E-state index in [0.717, 1.165) is 25.7 Å². The van der Waals surface area contributed by atoms with Crippen LogP contribution in [-0.2, 0) is 9.47 Å². The van der Waals surface area contributed by atoms with Gasteiger partial charge in [0.05, 0.1) is 17.8 Å². The zero-order valence-electron chi connectivity index (χ0n) is 10.0. The van der Waals surface area contributed by atoms with E-state index >= 15 is 0 Å². The van der Waals surface area contributed by atoms with Crippen molar-refractivity contribution in [3.05, 3.63) is 35.4 Å². The molecular weight excluding hydrogens is 232 g/mol. The van der Waals surface area contributed by atoms with Crippen molar-refractivity contribution >= 4 is 5.97 Å². The molecule has 1 N–H and O–H groups in total. The molecule has 0 radical (unpaired) electrons. The van der Waals surface area contributed by atoms with E-state index in [-0.39, 0.29) is 17.8 Å². The predicted octanol–water partition coefficient (Wildman–Crippen LogP) is 2.74. The molecule has 0 bridgehead atoms. The van der Waals surface area contributed by atoms with E-state index in [0.29, 0.717) is 5.56 Å². The lowest BCUT2D eigenvalue weighted by Crippen LogP contribution is -2.25. The van der Waals surface area contributed by atoms with Crippen LogP contribution in [0.1, 0.15) is 47.9 Å². The van der Waals surface area contributed by atoms with E-state index in [9.17, 15) is 9.90 Å². The molecule has 3 rings (SSSR count). The summed E-state index contributed by atoms with van der Waals surface area (Å²) in [6.45, 7) is 0. The van der Waals surface area contributed by atoms with Crippen molar-refractivity contribution in [1.82, 2.24) is 0 Å². The Hall–Kier alpha value is -1.39. The average molecular weight is 248 g/mol. The number of aromatic carboxylic acids is 1. The highest BCUT2D eigenvalue weighted by Gasteiger charge is 2.39. The van der Waals surface area contributed by atoms with Gasteiger partial charge in [-0.05, 0) is 18.9 Å². The van der Waals surface area contributed by atoms with E-state index in [4.69, 9.17) is 9.47 Å². The molecule has 0 spiro atoms. The second-order valence-corrected chi connectivity index (χ2v) is 4.86. The lowest BCUT2D eigenvalue weighted by Gasteiger charge is -2.21. The summed E-state index contributed by atoms with van der Waals surface area (Å²) >= 11 is 0. The number of ether oxygens (including phenoxy) is 2. The average Bonchev–Trinajstić information content (AvgIpc) is 2.82. The molecule has 96 valence electrons. The van der Waals surface area contributed by atoms with Gasteiger partial charge in [-0.1, -0.05) is 31.0 Å². The molecule has 2 aliphatic rings. The Balaban J connectivity index is 1.85. The number of hydrogen-bond acceptors (Lipinski definition) is 3. The van der Waals surface area contributed by atoms with Crippen LogP contribution in [-0.4, -0.2) is 23.3 Å². The highest BCUT2D eigenvalue weighted by molar-refractivity contribution is 5.89. The van der Waals surface area contributed by atoms with Crippen molar-refractivity contribution in [2.75, 3.05) is 0 Å². The number of carboxylic acids is 1. The molecule has 4 heteroatoms. The highest BCUT2D eigenvalue weighted by atomic mass is 16.7. The number of carbonyl (C=O) groups is 1. The molecule has 1 heterocycles. The van der Waals surface area contributed by atoms with Gasteiger partial charge in [0.2, 0.25) is 0 Å². The number of rotatable bonds is 2. The summed E-state index contributed by atoms with van der Waals surface area (Å²) in [6, 6.07) is 6.89. The van der Waals surface area contributed by atoms with Crippen molar-refractivity contribution in [2.45, 2.75) is 44.2 Å². The summed E-state index contributed by atoms with van der Waals surface area (Å²) in [5.74, 6) is -0.937. The maximum atomic E-state index is 11.2. The van der Waals surface area contributed by atoms with Crippen molar-refractivity contribution < 1.29 is 19.4 Å². The van der Waals surface area contributed by atoms with Gasteiger partial charge in [-0.2, -0.15) is 0 Å². The quantitative estimate of drug-likeness (QED) is 0.874. The van der Waals surface area contributed by atoms with Crippen molar-refractivity contribution in [3.8, 4) is 0 Å². The molecule has 2 fully saturated rings. The van der Waals surface area contributed by atoms with E-state index in [1.165, 1.54) is 0 Å². The first-order chi connectivity index (χ1) is 8.75. The van der Waals surface area contributed by atoms with Gasteiger partial charge in [-0.3, -0.25) is 0 Å². The van der Waals surface area contributed by atoms with E-state index < -0.39 is 12.3 Å². The fourth-order valence-corrected chi connectivity index (χ4v) is 2.77. The summed E-state index contributed by atoms with van der Waals surface area (Å²) in [6.07, 6.45) is 4.09. The van der Waals surface area contributed by atoms with E-state index in [2.05, 4.69) is 0 Å². The molecule has 1 saturated carbocycles. The van der Waals surface area contributed by atoms with Gasteiger partial charge in [0.1, 0.15) is 0 Å². The van der Waals surface area contributed by atoms with Gasteiger partial charge in [0.25, 0.3) is 0 Å². The van der Waals surface area contributed by atoms with Gasteiger partial charge >= 0.3 is 5.97 Å². The summed E-state index contributed by atoms with van der Waals surface area (Å²) in [7, 11) is 0. The monoisotopic (exact) mass is 248 g/mol. The number of hydrogen-bond donors (Lipinski definition) is 1. The summed E-state index contributed by atoms with van der Waals surface area (Å²) in [4.78, 5) is 11.2. The summed E-state index contributed by atoms with van der Waals surface area (Å²) in [5, 5.41) is 9.17. The Bertz CT molecular complexity index is 443. The van der Waals surface area contributed by atoms with E-state index in [1.807, 2.05) is 6.07 Å². The van der Waals surface area contributed by atoms with Crippen LogP contribution in [0.3, 0.4) is 0 Å². The zero-order valence-corrected chi connectivity index (χ0v) is 10.0. The van der Waals surface area contributed by atoms with Crippen LogP contribution in [0.5, 0.6) is 0 Å². The lowest BCUT2D eigenvalue weighted by atomic mass is 9.95. The number of fused-ring (bicyclic) bond motifs is 1. The molecule has 0 amide bonds. The SMILES string of the molecule is O=C(O)c1ccccc1C1O[C@@H]2CCCC[C@H]2O1. The van der Waals surface area contributed by atoms with Gasteiger partial charge in [0, 0.05) is 5.56 Å². The van der Waals surface area contributed by atoms with Crippen molar-refractivity contribution in [1.29, 1.82) is 0 Å². The Morgan fingerprint density at radius 2 is 1.72 bits per heavy atom. The van der Waals surface area contributed by atoms with Crippen LogP contribution in [0.15, 0.2) is 24.3 Å². The van der Waals surface area contributed by atoms with E-state index in [1.54, 1.807) is 18.2 Å². The maximum Gasteiger partial charge on any atom is 0.336 e. The minimum atomic E-state index is -0.937.